The Morgan fingerprint density at radius 3 is 2.64 bits per heavy atom. The minimum atomic E-state index is -1.07. The van der Waals surface area contributed by atoms with Crippen LogP contribution in [-0.2, 0) is 16.0 Å². The number of rotatable bonds is 7. The van der Waals surface area contributed by atoms with E-state index in [9.17, 15) is 14.0 Å². The summed E-state index contributed by atoms with van der Waals surface area (Å²) < 4.78 is 20.2. The number of nitrogens with zero attached hydrogens (tertiary/aromatic N) is 1. The molecule has 2 aromatic carbocycles. The van der Waals surface area contributed by atoms with E-state index in [-0.39, 0.29) is 24.3 Å². The first-order valence-corrected chi connectivity index (χ1v) is 12.5. The summed E-state index contributed by atoms with van der Waals surface area (Å²) in [5.41, 5.74) is 2.03. The summed E-state index contributed by atoms with van der Waals surface area (Å²) in [5.74, 6) is -0.170. The number of hydrogen-bond donors (Lipinski definition) is 2. The fraction of sp³-hybridized carbons (Fsp3) is 0.310. The minimum absolute atomic E-state index is 0.0351. The molecule has 0 unspecified atom stereocenters. The van der Waals surface area contributed by atoms with Crippen molar-refractivity contribution in [3.8, 4) is 0 Å². The van der Waals surface area contributed by atoms with Gasteiger partial charge < -0.3 is 14.7 Å². The topological polar surface area (TPSA) is 78.3 Å². The van der Waals surface area contributed by atoms with Crippen LogP contribution in [0.1, 0.15) is 55.2 Å². The van der Waals surface area contributed by atoms with Crippen LogP contribution in [-0.4, -0.2) is 22.8 Å². The average Bonchev–Trinajstić information content (AvgIpc) is 3.49. The summed E-state index contributed by atoms with van der Waals surface area (Å²) in [6.45, 7) is 1.79. The number of benzene rings is 2. The Balaban J connectivity index is 1.54. The molecule has 1 aliphatic carbocycles. The summed E-state index contributed by atoms with van der Waals surface area (Å²) in [7, 11) is 0. The number of fused-ring (bicyclic) bond motifs is 1. The Bertz CT molecular complexity index is 1370. The minimum Gasteiger partial charge on any atom is -0.464 e. The highest BCUT2D eigenvalue weighted by Crippen LogP contribution is 2.32. The lowest BCUT2D eigenvalue weighted by atomic mass is 9.95. The maximum absolute atomic E-state index is 14.4. The molecule has 4 aromatic rings. The van der Waals surface area contributed by atoms with Gasteiger partial charge in [-0.15, -0.1) is 0 Å². The zero-order valence-corrected chi connectivity index (χ0v) is 20.3. The molecule has 1 saturated carbocycles. The molecule has 0 saturated heterocycles. The third kappa shape index (κ3) is 5.05. The third-order valence-corrected chi connectivity index (χ3v) is 6.86. The van der Waals surface area contributed by atoms with Gasteiger partial charge >= 0.3 is 0 Å². The Morgan fingerprint density at radius 1 is 1.08 bits per heavy atom. The van der Waals surface area contributed by atoms with Crippen LogP contribution in [0.15, 0.2) is 71.3 Å². The first-order chi connectivity index (χ1) is 17.5. The van der Waals surface area contributed by atoms with E-state index in [1.54, 1.807) is 37.4 Å². The van der Waals surface area contributed by atoms with Crippen molar-refractivity contribution in [2.75, 3.05) is 4.90 Å². The van der Waals surface area contributed by atoms with E-state index in [0.29, 0.717) is 17.2 Å². The van der Waals surface area contributed by atoms with E-state index in [1.807, 2.05) is 24.3 Å². The molecule has 0 radical (unpaired) electrons. The van der Waals surface area contributed by atoms with Gasteiger partial charge in [0.15, 0.2) is 6.04 Å². The molecule has 2 aromatic heterocycles. The van der Waals surface area contributed by atoms with Crippen LogP contribution in [0.2, 0.25) is 0 Å². The lowest BCUT2D eigenvalue weighted by Gasteiger charge is -2.32. The SMILES string of the molecule is Cc1ccc([C@@H](C(=O)NC2CCCCC2)N(C(=O)Cc2c[nH]c3ccccc23)c2cccc(F)c2)o1. The molecule has 1 aliphatic rings. The molecule has 2 amide bonds. The lowest BCUT2D eigenvalue weighted by molar-refractivity contribution is -0.127. The predicted octanol–water partition coefficient (Wildman–Crippen LogP) is 5.97. The number of anilines is 1. The fourth-order valence-electron chi connectivity index (χ4n) is 5.09. The number of para-hydroxylation sites is 1. The number of furan rings is 1. The van der Waals surface area contributed by atoms with Gasteiger partial charge in [0.2, 0.25) is 5.91 Å². The van der Waals surface area contributed by atoms with Crippen LogP contribution in [0.3, 0.4) is 0 Å². The maximum Gasteiger partial charge on any atom is 0.251 e. The molecule has 0 bridgehead atoms. The van der Waals surface area contributed by atoms with Crippen molar-refractivity contribution in [3.05, 3.63) is 89.8 Å². The Hall–Kier alpha value is -3.87. The van der Waals surface area contributed by atoms with Gasteiger partial charge in [0, 0.05) is 28.8 Å². The molecule has 5 rings (SSSR count). The largest absolute Gasteiger partial charge is 0.464 e. The van der Waals surface area contributed by atoms with E-state index in [1.165, 1.54) is 17.0 Å². The van der Waals surface area contributed by atoms with Gasteiger partial charge in [-0.1, -0.05) is 43.5 Å². The number of nitrogens with one attached hydrogen (secondary N) is 2. The first-order valence-electron chi connectivity index (χ1n) is 12.5. The van der Waals surface area contributed by atoms with Crippen molar-refractivity contribution in [2.45, 2.75) is 57.5 Å². The number of aromatic amines is 1. The summed E-state index contributed by atoms with van der Waals surface area (Å²) in [4.78, 5) is 32.3. The molecule has 186 valence electrons. The molecule has 2 N–H and O–H groups in total. The molecular formula is C29H30FN3O3. The van der Waals surface area contributed by atoms with E-state index in [4.69, 9.17) is 4.42 Å². The summed E-state index contributed by atoms with van der Waals surface area (Å²) >= 11 is 0. The van der Waals surface area contributed by atoms with Crippen molar-refractivity contribution >= 4 is 28.4 Å². The van der Waals surface area contributed by atoms with Crippen molar-refractivity contribution in [2.24, 2.45) is 0 Å². The second kappa shape index (κ2) is 10.4. The summed E-state index contributed by atoms with van der Waals surface area (Å²) in [5, 5.41) is 4.07. The molecule has 36 heavy (non-hydrogen) atoms. The maximum atomic E-state index is 14.4. The van der Waals surface area contributed by atoms with Gasteiger partial charge in [-0.25, -0.2) is 4.39 Å². The highest BCUT2D eigenvalue weighted by Gasteiger charge is 2.36. The monoisotopic (exact) mass is 487 g/mol. The zero-order chi connectivity index (χ0) is 25.1. The van der Waals surface area contributed by atoms with Crippen molar-refractivity contribution < 1.29 is 18.4 Å². The molecule has 2 heterocycles. The highest BCUT2D eigenvalue weighted by atomic mass is 19.1. The van der Waals surface area contributed by atoms with Gasteiger partial charge in [0.25, 0.3) is 5.91 Å². The zero-order valence-electron chi connectivity index (χ0n) is 20.3. The smallest absolute Gasteiger partial charge is 0.251 e. The lowest BCUT2D eigenvalue weighted by Crippen LogP contribution is -2.47. The number of aromatic nitrogens is 1. The summed E-state index contributed by atoms with van der Waals surface area (Å²) in [6.07, 6.45) is 6.92. The Kier molecular flexibility index (Phi) is 6.89. The number of aryl methyl sites for hydroxylation is 1. The van der Waals surface area contributed by atoms with E-state index < -0.39 is 11.9 Å². The van der Waals surface area contributed by atoms with Crippen LogP contribution in [0.25, 0.3) is 10.9 Å². The van der Waals surface area contributed by atoms with Gasteiger partial charge in [-0.05, 0) is 61.7 Å². The fourth-order valence-corrected chi connectivity index (χ4v) is 5.09. The van der Waals surface area contributed by atoms with Crippen LogP contribution >= 0.6 is 0 Å². The van der Waals surface area contributed by atoms with Crippen molar-refractivity contribution in [1.29, 1.82) is 0 Å². The second-order valence-electron chi connectivity index (χ2n) is 9.47. The second-order valence-corrected chi connectivity index (χ2v) is 9.47. The van der Waals surface area contributed by atoms with Crippen LogP contribution in [0.4, 0.5) is 10.1 Å². The van der Waals surface area contributed by atoms with E-state index in [0.717, 1.165) is 48.6 Å². The number of carbonyl (C=O) groups is 2. The highest BCUT2D eigenvalue weighted by molar-refractivity contribution is 6.03. The van der Waals surface area contributed by atoms with Crippen LogP contribution in [0, 0.1) is 12.7 Å². The molecule has 1 atom stereocenters. The molecular weight excluding hydrogens is 457 g/mol. The third-order valence-electron chi connectivity index (χ3n) is 6.86. The molecule has 0 aliphatic heterocycles. The van der Waals surface area contributed by atoms with Gasteiger partial charge in [-0.2, -0.15) is 0 Å². The number of amides is 2. The number of hydrogen-bond acceptors (Lipinski definition) is 3. The molecule has 6 nitrogen and oxygen atoms in total. The van der Waals surface area contributed by atoms with Crippen molar-refractivity contribution in [1.82, 2.24) is 10.3 Å². The van der Waals surface area contributed by atoms with E-state index >= 15 is 0 Å². The van der Waals surface area contributed by atoms with E-state index in [2.05, 4.69) is 10.3 Å². The Morgan fingerprint density at radius 2 is 1.89 bits per heavy atom. The molecule has 7 heteroatoms. The van der Waals surface area contributed by atoms with Crippen LogP contribution < -0.4 is 10.2 Å². The van der Waals surface area contributed by atoms with Gasteiger partial charge in [0.05, 0.1) is 6.42 Å². The molecule has 0 spiro atoms. The normalized spacial score (nSPS) is 15.1. The van der Waals surface area contributed by atoms with Gasteiger partial charge in [-0.3, -0.25) is 14.5 Å². The quantitative estimate of drug-likeness (QED) is 0.337. The standard InChI is InChI=1S/C29H30FN3O3/c1-19-14-15-26(36-19)28(29(35)32-22-9-3-2-4-10-22)33(23-11-7-8-21(30)17-23)27(34)16-20-18-31-25-13-6-5-12-24(20)25/h5-8,11-15,17-18,22,28,31H,2-4,9-10,16H2,1H3,(H,32,35)/t28-/m0/s1. The number of carbonyl (C=O) groups excluding carboxylic acids is 2. The first kappa shape index (κ1) is 23.9. The summed E-state index contributed by atoms with van der Waals surface area (Å²) in [6, 6.07) is 16.0. The molecule has 1 fully saturated rings. The van der Waals surface area contributed by atoms with Crippen molar-refractivity contribution in [3.63, 3.8) is 0 Å². The van der Waals surface area contributed by atoms with Gasteiger partial charge in [0.1, 0.15) is 17.3 Å². The van der Waals surface area contributed by atoms with Crippen LogP contribution in [0.5, 0.6) is 0 Å². The predicted molar refractivity (Wildman–Crippen MR) is 137 cm³/mol. The number of H-pyrrole nitrogens is 1. The number of halogens is 1. The average molecular weight is 488 g/mol. The Labute approximate surface area is 209 Å².